The average Bonchev–Trinajstić information content (AvgIpc) is 3.34. The smallest absolute Gasteiger partial charge is 0.327 e. The molecule has 0 aliphatic heterocycles. The maximum Gasteiger partial charge on any atom is 0.327 e. The molecule has 0 fully saturated rings. The van der Waals surface area contributed by atoms with Gasteiger partial charge in [0.2, 0.25) is 11.6 Å². The number of halogens is 3. The number of aromatic nitrogens is 5. The van der Waals surface area contributed by atoms with Gasteiger partial charge in [0.1, 0.15) is 28.8 Å². The van der Waals surface area contributed by atoms with E-state index in [1.54, 1.807) is 0 Å². The number of benzene rings is 2. The minimum Gasteiger partial charge on any atom is -0.480 e. The minimum atomic E-state index is -1.13. The van der Waals surface area contributed by atoms with E-state index >= 15 is 0 Å². The van der Waals surface area contributed by atoms with Crippen LogP contribution in [-0.2, 0) is 11.3 Å². The van der Waals surface area contributed by atoms with Gasteiger partial charge in [-0.25, -0.2) is 8.78 Å². The van der Waals surface area contributed by atoms with Gasteiger partial charge >= 0.3 is 5.97 Å². The second-order valence-electron chi connectivity index (χ2n) is 5.93. The van der Waals surface area contributed by atoms with Gasteiger partial charge in [-0.2, -0.15) is 4.80 Å². The molecule has 0 aliphatic rings. The summed E-state index contributed by atoms with van der Waals surface area (Å²) in [6.07, 6.45) is 0. The van der Waals surface area contributed by atoms with Crippen LogP contribution in [0.3, 0.4) is 0 Å². The SMILES string of the molecule is O=C(O)Cn1nnc(-c2cc(-c3ccc(Oc4cc(F)ccc4Br)cc3F)no2)n1. The fraction of sp³-hybridized carbons (Fsp3) is 0.0556. The zero-order valence-corrected chi connectivity index (χ0v) is 16.4. The van der Waals surface area contributed by atoms with E-state index in [0.29, 0.717) is 4.47 Å². The molecule has 0 aliphatic carbocycles. The Labute approximate surface area is 175 Å². The Morgan fingerprint density at radius 2 is 2.03 bits per heavy atom. The summed E-state index contributed by atoms with van der Waals surface area (Å²) in [5.41, 5.74) is 0.282. The average molecular weight is 478 g/mol. The maximum absolute atomic E-state index is 14.6. The van der Waals surface area contributed by atoms with Crippen molar-refractivity contribution in [2.24, 2.45) is 0 Å². The second kappa shape index (κ2) is 7.99. The van der Waals surface area contributed by atoms with Crippen molar-refractivity contribution < 1.29 is 27.9 Å². The highest BCUT2D eigenvalue weighted by Crippen LogP contribution is 2.33. The van der Waals surface area contributed by atoms with Crippen LogP contribution in [0.25, 0.3) is 22.8 Å². The van der Waals surface area contributed by atoms with Gasteiger partial charge in [-0.05, 0) is 45.4 Å². The molecule has 2 aromatic carbocycles. The lowest BCUT2D eigenvalue weighted by Crippen LogP contribution is -2.11. The third-order valence-electron chi connectivity index (χ3n) is 3.80. The highest BCUT2D eigenvalue weighted by atomic mass is 79.9. The topological polar surface area (TPSA) is 116 Å². The molecule has 0 unspecified atom stereocenters. The third kappa shape index (κ3) is 4.17. The summed E-state index contributed by atoms with van der Waals surface area (Å²) in [6, 6.07) is 9.35. The standard InChI is InChI=1S/C18H10BrF2N5O4/c19-12-4-1-9(20)5-15(12)29-10-2-3-11(13(21)6-10)14-7-16(30-24-14)18-22-25-26(23-18)8-17(27)28/h1-7H,8H2,(H,27,28). The predicted octanol–water partition coefficient (Wildman–Crippen LogP) is 3.91. The summed E-state index contributed by atoms with van der Waals surface area (Å²) >= 11 is 3.24. The van der Waals surface area contributed by atoms with Crippen molar-refractivity contribution in [2.45, 2.75) is 6.54 Å². The Kier molecular flexibility index (Phi) is 5.23. The van der Waals surface area contributed by atoms with E-state index in [4.69, 9.17) is 14.4 Å². The molecule has 2 aromatic heterocycles. The molecule has 0 saturated carbocycles. The van der Waals surface area contributed by atoms with Gasteiger partial charge < -0.3 is 14.4 Å². The monoisotopic (exact) mass is 477 g/mol. The quantitative estimate of drug-likeness (QED) is 0.444. The molecule has 9 nitrogen and oxygen atoms in total. The van der Waals surface area contributed by atoms with Crippen LogP contribution in [0, 0.1) is 11.6 Å². The normalized spacial score (nSPS) is 10.9. The lowest BCUT2D eigenvalue weighted by molar-refractivity contribution is -0.138. The number of hydrogen-bond acceptors (Lipinski definition) is 7. The van der Waals surface area contributed by atoms with Crippen LogP contribution in [0.2, 0.25) is 0 Å². The molecule has 0 bridgehead atoms. The number of carboxylic acid groups (broad SMARTS) is 1. The van der Waals surface area contributed by atoms with Crippen molar-refractivity contribution >= 4 is 21.9 Å². The number of aliphatic carboxylic acids is 1. The first kappa shape index (κ1) is 19.6. The molecule has 152 valence electrons. The van der Waals surface area contributed by atoms with E-state index in [-0.39, 0.29) is 34.3 Å². The molecular weight excluding hydrogens is 468 g/mol. The van der Waals surface area contributed by atoms with Crippen LogP contribution >= 0.6 is 15.9 Å². The van der Waals surface area contributed by atoms with Gasteiger partial charge in [-0.1, -0.05) is 5.16 Å². The van der Waals surface area contributed by atoms with Gasteiger partial charge in [-0.3, -0.25) is 4.79 Å². The number of hydrogen-bond donors (Lipinski definition) is 1. The molecular formula is C18H10BrF2N5O4. The molecule has 30 heavy (non-hydrogen) atoms. The number of ether oxygens (including phenoxy) is 1. The number of tetrazole rings is 1. The Morgan fingerprint density at radius 3 is 2.80 bits per heavy atom. The van der Waals surface area contributed by atoms with E-state index in [1.807, 2.05) is 0 Å². The number of carboxylic acids is 1. The lowest BCUT2D eigenvalue weighted by Gasteiger charge is -2.09. The highest BCUT2D eigenvalue weighted by Gasteiger charge is 2.17. The zero-order valence-electron chi connectivity index (χ0n) is 14.8. The number of carbonyl (C=O) groups is 1. The highest BCUT2D eigenvalue weighted by molar-refractivity contribution is 9.10. The Bertz CT molecular complexity index is 1240. The molecule has 4 rings (SSSR count). The van der Waals surface area contributed by atoms with Crippen LogP contribution in [0.1, 0.15) is 0 Å². The largest absolute Gasteiger partial charge is 0.480 e. The molecule has 0 radical (unpaired) electrons. The summed E-state index contributed by atoms with van der Waals surface area (Å²) < 4.78 is 39.1. The summed E-state index contributed by atoms with van der Waals surface area (Å²) in [7, 11) is 0. The molecule has 0 atom stereocenters. The van der Waals surface area contributed by atoms with Gasteiger partial charge in [0, 0.05) is 23.8 Å². The van der Waals surface area contributed by atoms with Crippen molar-refractivity contribution in [3.8, 4) is 34.3 Å². The van der Waals surface area contributed by atoms with Crippen molar-refractivity contribution in [2.75, 3.05) is 0 Å². The van der Waals surface area contributed by atoms with Crippen molar-refractivity contribution in [1.29, 1.82) is 0 Å². The minimum absolute atomic E-state index is 0.00585. The first-order valence-corrected chi connectivity index (χ1v) is 9.08. The van der Waals surface area contributed by atoms with Crippen LogP contribution < -0.4 is 4.74 Å². The molecule has 0 amide bonds. The van der Waals surface area contributed by atoms with Gasteiger partial charge in [-0.15, -0.1) is 10.2 Å². The van der Waals surface area contributed by atoms with Crippen LogP contribution in [-0.4, -0.2) is 36.4 Å². The summed E-state index contributed by atoms with van der Waals surface area (Å²) in [4.78, 5) is 11.6. The van der Waals surface area contributed by atoms with E-state index < -0.39 is 24.1 Å². The molecule has 0 saturated heterocycles. The summed E-state index contributed by atoms with van der Waals surface area (Å²) in [6.45, 7) is -0.467. The van der Waals surface area contributed by atoms with Crippen molar-refractivity contribution in [3.05, 3.63) is 58.6 Å². The maximum atomic E-state index is 14.6. The van der Waals surface area contributed by atoms with E-state index in [2.05, 4.69) is 36.5 Å². The number of rotatable bonds is 6. The van der Waals surface area contributed by atoms with Crippen molar-refractivity contribution in [3.63, 3.8) is 0 Å². The van der Waals surface area contributed by atoms with E-state index in [0.717, 1.165) is 10.9 Å². The van der Waals surface area contributed by atoms with Crippen molar-refractivity contribution in [1.82, 2.24) is 25.4 Å². The molecule has 0 spiro atoms. The van der Waals surface area contributed by atoms with Gasteiger partial charge in [0.25, 0.3) is 0 Å². The first-order chi connectivity index (χ1) is 14.4. The van der Waals surface area contributed by atoms with Gasteiger partial charge in [0.05, 0.1) is 4.47 Å². The molecule has 4 aromatic rings. The lowest BCUT2D eigenvalue weighted by atomic mass is 10.1. The first-order valence-electron chi connectivity index (χ1n) is 8.28. The fourth-order valence-corrected chi connectivity index (χ4v) is 2.81. The Morgan fingerprint density at radius 1 is 1.20 bits per heavy atom. The zero-order chi connectivity index (χ0) is 21.3. The third-order valence-corrected chi connectivity index (χ3v) is 4.45. The van der Waals surface area contributed by atoms with Gasteiger partial charge in [0.15, 0.2) is 6.54 Å². The Balaban J connectivity index is 1.56. The Hall–Kier alpha value is -3.67. The fourth-order valence-electron chi connectivity index (χ4n) is 2.49. The van der Waals surface area contributed by atoms with E-state index in [9.17, 15) is 13.6 Å². The second-order valence-corrected chi connectivity index (χ2v) is 6.79. The van der Waals surface area contributed by atoms with Crippen LogP contribution in [0.4, 0.5) is 8.78 Å². The molecule has 2 heterocycles. The van der Waals surface area contributed by atoms with E-state index in [1.165, 1.54) is 36.4 Å². The summed E-state index contributed by atoms with van der Waals surface area (Å²) in [5, 5.41) is 23.6. The summed E-state index contributed by atoms with van der Waals surface area (Å²) in [5.74, 6) is -1.83. The van der Waals surface area contributed by atoms with Crippen LogP contribution in [0.5, 0.6) is 11.5 Å². The number of nitrogens with zero attached hydrogens (tertiary/aromatic N) is 5. The molecule has 1 N–H and O–H groups in total. The predicted molar refractivity (Wildman–Crippen MR) is 101 cm³/mol. The molecule has 12 heteroatoms. The van der Waals surface area contributed by atoms with Crippen LogP contribution in [0.15, 0.2) is 51.5 Å².